The summed E-state index contributed by atoms with van der Waals surface area (Å²) in [6.45, 7) is 0.661. The Balaban J connectivity index is 1.39. The van der Waals surface area contributed by atoms with Crippen molar-refractivity contribution >= 4 is 33.7 Å². The predicted molar refractivity (Wildman–Crippen MR) is 99.0 cm³/mol. The maximum atomic E-state index is 12.5. The number of fused-ring (bicyclic) bond motifs is 1. The third-order valence-electron chi connectivity index (χ3n) is 4.07. The zero-order valence-corrected chi connectivity index (χ0v) is 15.0. The van der Waals surface area contributed by atoms with E-state index in [2.05, 4.69) is 4.98 Å². The highest BCUT2D eigenvalue weighted by atomic mass is 32.2. The molecule has 1 aliphatic rings. The molecule has 7 heteroatoms. The van der Waals surface area contributed by atoms with Crippen molar-refractivity contribution in [3.8, 4) is 10.8 Å². The molecule has 0 N–H and O–H groups in total. The molecule has 0 saturated heterocycles. The number of thiazole rings is 1. The van der Waals surface area contributed by atoms with Crippen LogP contribution in [0, 0.1) is 0 Å². The quantitative estimate of drug-likeness (QED) is 0.690. The van der Waals surface area contributed by atoms with Gasteiger partial charge in [0.15, 0.2) is 10.8 Å². The molecule has 1 amide bonds. The van der Waals surface area contributed by atoms with Gasteiger partial charge in [0.2, 0.25) is 5.91 Å². The van der Waals surface area contributed by atoms with Crippen molar-refractivity contribution in [1.29, 1.82) is 0 Å². The smallest absolute Gasteiger partial charge is 0.239 e. The van der Waals surface area contributed by atoms with E-state index in [0.717, 1.165) is 22.8 Å². The van der Waals surface area contributed by atoms with Gasteiger partial charge >= 0.3 is 0 Å². The van der Waals surface area contributed by atoms with Crippen molar-refractivity contribution in [2.75, 3.05) is 17.2 Å². The zero-order valence-electron chi connectivity index (χ0n) is 13.4. The van der Waals surface area contributed by atoms with Crippen molar-refractivity contribution in [2.45, 2.75) is 12.2 Å². The number of hydrogen-bond donors (Lipinski definition) is 0. The summed E-state index contributed by atoms with van der Waals surface area (Å²) in [6, 6.07) is 11.5. The van der Waals surface area contributed by atoms with E-state index in [1.807, 2.05) is 35.7 Å². The van der Waals surface area contributed by atoms with Crippen LogP contribution in [0.15, 0.2) is 52.5 Å². The van der Waals surface area contributed by atoms with Crippen LogP contribution in [0.1, 0.15) is 11.3 Å². The predicted octanol–water partition coefficient (Wildman–Crippen LogP) is 3.24. The van der Waals surface area contributed by atoms with Crippen LogP contribution in [-0.2, 0) is 27.8 Å². The van der Waals surface area contributed by atoms with Crippen LogP contribution >= 0.6 is 11.3 Å². The van der Waals surface area contributed by atoms with Gasteiger partial charge in [0.1, 0.15) is 5.75 Å². The number of nitrogens with zero attached hydrogens (tertiary/aromatic N) is 2. The lowest BCUT2D eigenvalue weighted by Crippen LogP contribution is -2.33. The van der Waals surface area contributed by atoms with E-state index >= 15 is 0 Å². The molecule has 1 aliphatic heterocycles. The van der Waals surface area contributed by atoms with Crippen LogP contribution in [0.5, 0.6) is 0 Å². The van der Waals surface area contributed by atoms with E-state index in [9.17, 15) is 9.00 Å². The number of carbonyl (C=O) groups excluding carboxylic acids is 1. The third kappa shape index (κ3) is 3.43. The first-order valence-corrected chi connectivity index (χ1v) is 10.3. The number of anilines is 1. The standard InChI is InChI=1S/C18H16N2O3S2/c21-17(20-8-7-13-4-1-2-5-15(13)20)12-25(22)11-14-10-24-18(19-14)16-6-3-9-23-16/h1-6,9-10H,7-8,11-12H2/t25-/m0/s1. The topological polar surface area (TPSA) is 63.4 Å². The van der Waals surface area contributed by atoms with Crippen LogP contribution in [0.4, 0.5) is 5.69 Å². The number of para-hydroxylation sites is 1. The maximum absolute atomic E-state index is 12.5. The number of hydrogen-bond acceptors (Lipinski definition) is 5. The summed E-state index contributed by atoms with van der Waals surface area (Å²) in [4.78, 5) is 18.7. The highest BCUT2D eigenvalue weighted by molar-refractivity contribution is 7.85. The highest BCUT2D eigenvalue weighted by Crippen LogP contribution is 2.28. The molecule has 128 valence electrons. The van der Waals surface area contributed by atoms with Gasteiger partial charge in [-0.1, -0.05) is 18.2 Å². The highest BCUT2D eigenvalue weighted by Gasteiger charge is 2.25. The Morgan fingerprint density at radius 3 is 3.00 bits per heavy atom. The summed E-state index contributed by atoms with van der Waals surface area (Å²) in [6.07, 6.45) is 2.45. The molecule has 0 unspecified atom stereocenters. The van der Waals surface area contributed by atoms with E-state index in [-0.39, 0.29) is 17.4 Å². The number of rotatable bonds is 5. The van der Waals surface area contributed by atoms with Crippen LogP contribution in [0.25, 0.3) is 10.8 Å². The van der Waals surface area contributed by atoms with Gasteiger partial charge in [0.05, 0.1) is 17.7 Å². The van der Waals surface area contributed by atoms with Crippen molar-refractivity contribution in [1.82, 2.24) is 4.98 Å². The van der Waals surface area contributed by atoms with Crippen molar-refractivity contribution in [3.05, 3.63) is 59.3 Å². The molecule has 0 radical (unpaired) electrons. The molecule has 2 aromatic heterocycles. The second-order valence-electron chi connectivity index (χ2n) is 5.77. The van der Waals surface area contributed by atoms with Gasteiger partial charge in [-0.3, -0.25) is 9.00 Å². The first-order chi connectivity index (χ1) is 12.2. The minimum atomic E-state index is -1.29. The SMILES string of the molecule is O=C(C[S@@](=O)Cc1csc(-c2ccco2)n1)N1CCc2ccccc21. The molecule has 0 aliphatic carbocycles. The Kier molecular flexibility index (Phi) is 4.50. The van der Waals surface area contributed by atoms with Crippen LogP contribution in [0.2, 0.25) is 0 Å². The molecule has 1 aromatic carbocycles. The molecule has 0 spiro atoms. The molecule has 25 heavy (non-hydrogen) atoms. The molecule has 1 atom stereocenters. The Hall–Kier alpha value is -2.25. The summed E-state index contributed by atoms with van der Waals surface area (Å²) in [5, 5.41) is 2.63. The number of benzene rings is 1. The largest absolute Gasteiger partial charge is 0.462 e. The fourth-order valence-corrected chi connectivity index (χ4v) is 4.82. The van der Waals surface area contributed by atoms with E-state index < -0.39 is 10.8 Å². The van der Waals surface area contributed by atoms with Gasteiger partial charge in [-0.25, -0.2) is 4.98 Å². The van der Waals surface area contributed by atoms with Gasteiger partial charge < -0.3 is 9.32 Å². The van der Waals surface area contributed by atoms with E-state index in [0.29, 0.717) is 12.3 Å². The van der Waals surface area contributed by atoms with Gasteiger partial charge in [0, 0.05) is 28.4 Å². The van der Waals surface area contributed by atoms with E-state index in [1.54, 1.807) is 17.2 Å². The van der Waals surface area contributed by atoms with Crippen LogP contribution < -0.4 is 4.90 Å². The number of aromatic nitrogens is 1. The van der Waals surface area contributed by atoms with E-state index in [1.165, 1.54) is 16.9 Å². The molecule has 3 heterocycles. The average molecular weight is 372 g/mol. The number of furan rings is 1. The van der Waals surface area contributed by atoms with E-state index in [4.69, 9.17) is 4.42 Å². The molecule has 5 nitrogen and oxygen atoms in total. The molecule has 4 rings (SSSR count). The second-order valence-corrected chi connectivity index (χ2v) is 8.09. The minimum Gasteiger partial charge on any atom is -0.462 e. The first-order valence-electron chi connectivity index (χ1n) is 7.92. The summed E-state index contributed by atoms with van der Waals surface area (Å²) in [7, 11) is -1.29. The summed E-state index contributed by atoms with van der Waals surface area (Å²) in [5.41, 5.74) is 2.84. The fraction of sp³-hybridized carbons (Fsp3) is 0.222. The average Bonchev–Trinajstić information content (AvgIpc) is 3.34. The Morgan fingerprint density at radius 2 is 2.16 bits per heavy atom. The molecular weight excluding hydrogens is 356 g/mol. The summed E-state index contributed by atoms with van der Waals surface area (Å²) < 4.78 is 17.7. The normalized spacial score (nSPS) is 14.5. The third-order valence-corrected chi connectivity index (χ3v) is 6.16. The van der Waals surface area contributed by atoms with Crippen LogP contribution in [-0.4, -0.2) is 27.4 Å². The molecular formula is C18H16N2O3S2. The lowest BCUT2D eigenvalue weighted by atomic mass is 10.2. The van der Waals surface area contributed by atoms with Gasteiger partial charge in [-0.05, 0) is 30.2 Å². The Morgan fingerprint density at radius 1 is 1.28 bits per heavy atom. The van der Waals surface area contributed by atoms with Gasteiger partial charge in [0.25, 0.3) is 0 Å². The minimum absolute atomic E-state index is 0.0158. The second kappa shape index (κ2) is 6.93. The van der Waals surface area contributed by atoms with Gasteiger partial charge in [-0.2, -0.15) is 0 Å². The Labute approximate surface area is 151 Å². The molecule has 0 fully saturated rings. The first kappa shape index (κ1) is 16.2. The lowest BCUT2D eigenvalue weighted by Gasteiger charge is -2.16. The van der Waals surface area contributed by atoms with Crippen molar-refractivity contribution in [3.63, 3.8) is 0 Å². The molecule has 0 saturated carbocycles. The summed E-state index contributed by atoms with van der Waals surface area (Å²) >= 11 is 1.45. The van der Waals surface area contributed by atoms with Gasteiger partial charge in [-0.15, -0.1) is 11.3 Å². The van der Waals surface area contributed by atoms with Crippen molar-refractivity contribution < 1.29 is 13.4 Å². The number of carbonyl (C=O) groups is 1. The molecule has 3 aromatic rings. The van der Waals surface area contributed by atoms with Crippen LogP contribution in [0.3, 0.4) is 0 Å². The fourth-order valence-electron chi connectivity index (χ4n) is 2.92. The zero-order chi connectivity index (χ0) is 17.2. The monoisotopic (exact) mass is 372 g/mol. The Bertz CT molecular complexity index is 918. The number of amides is 1. The summed E-state index contributed by atoms with van der Waals surface area (Å²) in [5.74, 6) is 0.900. The lowest BCUT2D eigenvalue weighted by molar-refractivity contribution is -0.116. The maximum Gasteiger partial charge on any atom is 0.239 e. The van der Waals surface area contributed by atoms with Crippen molar-refractivity contribution in [2.24, 2.45) is 0 Å². The molecule has 0 bridgehead atoms.